The number of ether oxygens (including phenoxy) is 1. The zero-order valence-electron chi connectivity index (χ0n) is 12.0. The molecule has 2 aromatic heterocycles. The lowest BCUT2D eigenvalue weighted by Gasteiger charge is -2.06. The Hall–Kier alpha value is -2.33. The molecule has 0 aliphatic heterocycles. The van der Waals surface area contributed by atoms with Gasteiger partial charge in [0.25, 0.3) is 0 Å². The summed E-state index contributed by atoms with van der Waals surface area (Å²) in [5.74, 6) is 0.618. The van der Waals surface area contributed by atoms with Crippen LogP contribution < -0.4 is 0 Å². The third kappa shape index (κ3) is 2.70. The zero-order valence-corrected chi connectivity index (χ0v) is 12.8. The Morgan fingerprint density at radius 2 is 2.18 bits per heavy atom. The maximum Gasteiger partial charge on any atom is 0.338 e. The smallest absolute Gasteiger partial charge is 0.338 e. The molecular formula is C17H14ClNO3. The van der Waals surface area contributed by atoms with Gasteiger partial charge in [-0.3, -0.25) is 4.98 Å². The molecule has 2 heterocycles. The van der Waals surface area contributed by atoms with Crippen LogP contribution in [0.25, 0.3) is 22.2 Å². The van der Waals surface area contributed by atoms with Crippen LogP contribution in [0.3, 0.4) is 0 Å². The van der Waals surface area contributed by atoms with E-state index in [0.717, 1.165) is 16.6 Å². The van der Waals surface area contributed by atoms with Crippen molar-refractivity contribution in [1.29, 1.82) is 0 Å². The van der Waals surface area contributed by atoms with Crippen molar-refractivity contribution in [2.45, 2.75) is 12.8 Å². The molecule has 0 fully saturated rings. The van der Waals surface area contributed by atoms with Crippen LogP contribution >= 0.6 is 11.6 Å². The molecule has 0 aliphatic rings. The van der Waals surface area contributed by atoms with E-state index in [-0.39, 0.29) is 5.97 Å². The van der Waals surface area contributed by atoms with Crippen molar-refractivity contribution in [3.05, 3.63) is 53.9 Å². The summed E-state index contributed by atoms with van der Waals surface area (Å²) in [4.78, 5) is 16.1. The lowest BCUT2D eigenvalue weighted by atomic mass is 10.0. The molecule has 4 nitrogen and oxygen atoms in total. The number of carbonyl (C=O) groups excluding carboxylic acids is 1. The minimum atomic E-state index is -0.337. The second-order valence-electron chi connectivity index (χ2n) is 4.72. The van der Waals surface area contributed by atoms with E-state index in [1.165, 1.54) is 0 Å². The first kappa shape index (κ1) is 14.6. The van der Waals surface area contributed by atoms with Crippen molar-refractivity contribution in [3.63, 3.8) is 0 Å². The van der Waals surface area contributed by atoms with Crippen LogP contribution in [0, 0.1) is 0 Å². The molecule has 0 N–H and O–H groups in total. The number of alkyl halides is 1. The average molecular weight is 316 g/mol. The summed E-state index contributed by atoms with van der Waals surface area (Å²) in [5.41, 5.74) is 3.66. The van der Waals surface area contributed by atoms with E-state index in [0.29, 0.717) is 29.4 Å². The number of furan rings is 1. The van der Waals surface area contributed by atoms with Crippen LogP contribution in [0.5, 0.6) is 0 Å². The molecule has 5 heteroatoms. The van der Waals surface area contributed by atoms with Gasteiger partial charge in [-0.15, -0.1) is 11.6 Å². The summed E-state index contributed by atoms with van der Waals surface area (Å²) >= 11 is 5.82. The first-order valence-corrected chi connectivity index (χ1v) is 7.47. The molecule has 0 saturated heterocycles. The lowest BCUT2D eigenvalue weighted by Crippen LogP contribution is -2.04. The van der Waals surface area contributed by atoms with E-state index in [2.05, 4.69) is 4.98 Å². The SMILES string of the molecule is CCOC(=O)c1cccc(-c2ccnc3cc(CCl)oc23)c1. The fourth-order valence-corrected chi connectivity index (χ4v) is 2.44. The minimum Gasteiger partial charge on any atom is -0.462 e. The predicted molar refractivity (Wildman–Crippen MR) is 85.0 cm³/mol. The van der Waals surface area contributed by atoms with E-state index in [9.17, 15) is 4.79 Å². The zero-order chi connectivity index (χ0) is 15.5. The highest BCUT2D eigenvalue weighted by molar-refractivity contribution is 6.17. The van der Waals surface area contributed by atoms with Gasteiger partial charge in [-0.25, -0.2) is 4.79 Å². The molecule has 0 amide bonds. The van der Waals surface area contributed by atoms with Crippen LogP contribution in [0.15, 0.2) is 47.0 Å². The molecule has 22 heavy (non-hydrogen) atoms. The Bertz CT molecular complexity index is 826. The third-order valence-corrected chi connectivity index (χ3v) is 3.54. The normalized spacial score (nSPS) is 10.8. The Kier molecular flexibility index (Phi) is 4.11. The highest BCUT2D eigenvalue weighted by Crippen LogP contribution is 2.30. The van der Waals surface area contributed by atoms with Gasteiger partial charge in [0.2, 0.25) is 0 Å². The number of rotatable bonds is 4. The Morgan fingerprint density at radius 3 is 2.95 bits per heavy atom. The number of hydrogen-bond acceptors (Lipinski definition) is 4. The Labute approximate surface area is 132 Å². The van der Waals surface area contributed by atoms with E-state index < -0.39 is 0 Å². The lowest BCUT2D eigenvalue weighted by molar-refractivity contribution is 0.0526. The molecule has 0 radical (unpaired) electrons. The number of fused-ring (bicyclic) bond motifs is 1. The summed E-state index contributed by atoms with van der Waals surface area (Å²) in [6.45, 7) is 2.13. The summed E-state index contributed by atoms with van der Waals surface area (Å²) < 4.78 is 10.8. The largest absolute Gasteiger partial charge is 0.462 e. The summed E-state index contributed by atoms with van der Waals surface area (Å²) in [6, 6.07) is 10.9. The number of carbonyl (C=O) groups is 1. The van der Waals surface area contributed by atoms with Crippen molar-refractivity contribution in [1.82, 2.24) is 4.98 Å². The summed E-state index contributed by atoms with van der Waals surface area (Å²) in [5, 5.41) is 0. The van der Waals surface area contributed by atoms with Crippen LogP contribution in [0.2, 0.25) is 0 Å². The fourth-order valence-electron chi connectivity index (χ4n) is 2.31. The number of pyridine rings is 1. The van der Waals surface area contributed by atoms with Crippen LogP contribution in [0.4, 0.5) is 0 Å². The maximum atomic E-state index is 11.9. The van der Waals surface area contributed by atoms with Gasteiger partial charge >= 0.3 is 5.97 Å². The molecule has 0 bridgehead atoms. The van der Waals surface area contributed by atoms with Crippen molar-refractivity contribution < 1.29 is 13.9 Å². The topological polar surface area (TPSA) is 52.3 Å². The van der Waals surface area contributed by atoms with Gasteiger partial charge in [-0.2, -0.15) is 0 Å². The second kappa shape index (κ2) is 6.20. The first-order chi connectivity index (χ1) is 10.7. The maximum absolute atomic E-state index is 11.9. The molecule has 3 aromatic rings. The molecule has 0 aliphatic carbocycles. The Morgan fingerprint density at radius 1 is 1.32 bits per heavy atom. The number of esters is 1. The van der Waals surface area contributed by atoms with Gasteiger partial charge in [0.15, 0.2) is 5.58 Å². The van der Waals surface area contributed by atoms with E-state index in [1.807, 2.05) is 24.3 Å². The van der Waals surface area contributed by atoms with Gasteiger partial charge in [0.1, 0.15) is 11.3 Å². The monoisotopic (exact) mass is 315 g/mol. The van der Waals surface area contributed by atoms with E-state index >= 15 is 0 Å². The van der Waals surface area contributed by atoms with Gasteiger partial charge in [0, 0.05) is 17.8 Å². The van der Waals surface area contributed by atoms with Gasteiger partial charge < -0.3 is 9.15 Å². The standard InChI is InChI=1S/C17H14ClNO3/c1-2-21-17(20)12-5-3-4-11(8-12)14-6-7-19-15-9-13(10-18)22-16(14)15/h3-9H,2,10H2,1H3. The molecule has 0 saturated carbocycles. The molecule has 0 spiro atoms. The van der Waals surface area contributed by atoms with Crippen molar-refractivity contribution in [3.8, 4) is 11.1 Å². The molecule has 0 atom stereocenters. The molecule has 1 aromatic carbocycles. The second-order valence-corrected chi connectivity index (χ2v) is 4.99. The molecule has 3 rings (SSSR count). The van der Waals surface area contributed by atoms with Crippen LogP contribution in [0.1, 0.15) is 23.0 Å². The average Bonchev–Trinajstić information content (AvgIpc) is 2.98. The van der Waals surface area contributed by atoms with Gasteiger partial charge in [0.05, 0.1) is 18.1 Å². The third-order valence-electron chi connectivity index (χ3n) is 3.28. The van der Waals surface area contributed by atoms with Gasteiger partial charge in [-0.1, -0.05) is 12.1 Å². The minimum absolute atomic E-state index is 0.290. The molecular weight excluding hydrogens is 302 g/mol. The van der Waals surface area contributed by atoms with E-state index in [4.69, 9.17) is 20.8 Å². The molecule has 112 valence electrons. The highest BCUT2D eigenvalue weighted by Gasteiger charge is 2.13. The summed E-state index contributed by atoms with van der Waals surface area (Å²) in [6.07, 6.45) is 1.71. The van der Waals surface area contributed by atoms with E-state index in [1.54, 1.807) is 25.3 Å². The van der Waals surface area contributed by atoms with Crippen molar-refractivity contribution in [2.75, 3.05) is 6.61 Å². The quantitative estimate of drug-likeness (QED) is 0.528. The highest BCUT2D eigenvalue weighted by atomic mass is 35.5. The first-order valence-electron chi connectivity index (χ1n) is 6.94. The summed E-state index contributed by atoms with van der Waals surface area (Å²) in [7, 11) is 0. The van der Waals surface area contributed by atoms with Gasteiger partial charge in [-0.05, 0) is 30.7 Å². The number of nitrogens with zero attached hydrogens (tertiary/aromatic N) is 1. The number of benzene rings is 1. The van der Waals surface area contributed by atoms with Crippen molar-refractivity contribution >= 4 is 28.7 Å². The number of aromatic nitrogens is 1. The Balaban J connectivity index is 2.09. The number of halogens is 1. The van der Waals surface area contributed by atoms with Crippen LogP contribution in [-0.2, 0) is 10.6 Å². The predicted octanol–water partition coefficient (Wildman–Crippen LogP) is 4.41. The fraction of sp³-hybridized carbons (Fsp3) is 0.176. The number of hydrogen-bond donors (Lipinski definition) is 0. The van der Waals surface area contributed by atoms with Crippen LogP contribution in [-0.4, -0.2) is 17.6 Å². The molecule has 0 unspecified atom stereocenters. The van der Waals surface area contributed by atoms with Crippen molar-refractivity contribution in [2.24, 2.45) is 0 Å².